The maximum absolute atomic E-state index is 12.0. The highest BCUT2D eigenvalue weighted by atomic mass is 16.6. The summed E-state index contributed by atoms with van der Waals surface area (Å²) in [5, 5.41) is 0. The number of hydrogen-bond acceptors (Lipinski definition) is 4. The van der Waals surface area contributed by atoms with Crippen molar-refractivity contribution in [1.82, 2.24) is 0 Å². The van der Waals surface area contributed by atoms with Crippen LogP contribution in [0, 0.1) is 5.92 Å². The second-order valence-corrected chi connectivity index (χ2v) is 6.52. The molecular weight excluding hydrogens is 268 g/mol. The Hall–Kier alpha value is -1.32. The normalized spacial score (nSPS) is 27.9. The Bertz CT molecular complexity index is 413. The van der Waals surface area contributed by atoms with Gasteiger partial charge in [-0.05, 0) is 64.2 Å². The van der Waals surface area contributed by atoms with Crippen LogP contribution in [0.5, 0.6) is 0 Å². The van der Waals surface area contributed by atoms with Gasteiger partial charge in [0.1, 0.15) is 11.7 Å². The van der Waals surface area contributed by atoms with Gasteiger partial charge < -0.3 is 9.47 Å². The van der Waals surface area contributed by atoms with E-state index in [0.29, 0.717) is 11.5 Å². The zero-order valence-electron chi connectivity index (χ0n) is 13.2. The molecule has 0 aromatic heterocycles. The SMILES string of the molecule is C=C(C)C(=O)OC1(C2CCC(OC(C)=O)CC2)CCCC1. The summed E-state index contributed by atoms with van der Waals surface area (Å²) in [6.07, 6.45) is 7.84. The average Bonchev–Trinajstić information content (AvgIpc) is 2.88. The van der Waals surface area contributed by atoms with Gasteiger partial charge in [0.15, 0.2) is 0 Å². The fourth-order valence-corrected chi connectivity index (χ4v) is 3.78. The lowest BCUT2D eigenvalue weighted by Crippen LogP contribution is -2.43. The Labute approximate surface area is 126 Å². The molecule has 2 aliphatic rings. The van der Waals surface area contributed by atoms with Crippen LogP contribution < -0.4 is 0 Å². The summed E-state index contributed by atoms with van der Waals surface area (Å²) < 4.78 is 11.2. The van der Waals surface area contributed by atoms with E-state index in [2.05, 4.69) is 6.58 Å². The Morgan fingerprint density at radius 2 is 1.62 bits per heavy atom. The molecule has 0 saturated heterocycles. The fourth-order valence-electron chi connectivity index (χ4n) is 3.78. The van der Waals surface area contributed by atoms with Crippen molar-refractivity contribution in [3.63, 3.8) is 0 Å². The summed E-state index contributed by atoms with van der Waals surface area (Å²) in [7, 11) is 0. The van der Waals surface area contributed by atoms with E-state index in [0.717, 1.165) is 51.4 Å². The predicted molar refractivity (Wildman–Crippen MR) is 79.6 cm³/mol. The van der Waals surface area contributed by atoms with Crippen molar-refractivity contribution in [2.24, 2.45) is 5.92 Å². The predicted octanol–water partition coefficient (Wildman–Crippen LogP) is 3.54. The first kappa shape index (κ1) is 16.1. The quantitative estimate of drug-likeness (QED) is 0.588. The highest BCUT2D eigenvalue weighted by Gasteiger charge is 2.46. The lowest BCUT2D eigenvalue weighted by Gasteiger charge is -2.40. The van der Waals surface area contributed by atoms with Crippen molar-refractivity contribution in [1.29, 1.82) is 0 Å². The third-order valence-electron chi connectivity index (χ3n) is 4.85. The Morgan fingerprint density at radius 3 is 2.10 bits per heavy atom. The molecule has 0 heterocycles. The molecule has 0 aliphatic heterocycles. The monoisotopic (exact) mass is 294 g/mol. The number of ether oxygens (including phenoxy) is 2. The van der Waals surface area contributed by atoms with Crippen LogP contribution in [0.1, 0.15) is 65.2 Å². The molecule has 0 unspecified atom stereocenters. The minimum atomic E-state index is -0.308. The van der Waals surface area contributed by atoms with E-state index < -0.39 is 0 Å². The lowest BCUT2D eigenvalue weighted by atomic mass is 9.75. The van der Waals surface area contributed by atoms with Crippen LogP contribution in [0.3, 0.4) is 0 Å². The second kappa shape index (κ2) is 6.63. The smallest absolute Gasteiger partial charge is 0.333 e. The van der Waals surface area contributed by atoms with E-state index in [1.165, 1.54) is 6.92 Å². The lowest BCUT2D eigenvalue weighted by molar-refractivity contribution is -0.164. The van der Waals surface area contributed by atoms with Crippen LogP contribution in [-0.2, 0) is 19.1 Å². The van der Waals surface area contributed by atoms with Crippen LogP contribution in [-0.4, -0.2) is 23.6 Å². The summed E-state index contributed by atoms with van der Waals surface area (Å²) in [5.74, 6) is -0.0862. The third-order valence-corrected chi connectivity index (χ3v) is 4.85. The van der Waals surface area contributed by atoms with Gasteiger partial charge in [-0.3, -0.25) is 4.79 Å². The van der Waals surface area contributed by atoms with Crippen molar-refractivity contribution in [3.8, 4) is 0 Å². The van der Waals surface area contributed by atoms with Crippen molar-refractivity contribution < 1.29 is 19.1 Å². The van der Waals surface area contributed by atoms with Crippen LogP contribution in [0.2, 0.25) is 0 Å². The second-order valence-electron chi connectivity index (χ2n) is 6.52. The van der Waals surface area contributed by atoms with Gasteiger partial charge in [0.2, 0.25) is 0 Å². The van der Waals surface area contributed by atoms with Gasteiger partial charge in [-0.25, -0.2) is 4.79 Å². The van der Waals surface area contributed by atoms with Crippen molar-refractivity contribution in [2.75, 3.05) is 0 Å². The molecule has 0 amide bonds. The number of carbonyl (C=O) groups excluding carboxylic acids is 2. The van der Waals surface area contributed by atoms with Gasteiger partial charge in [0, 0.05) is 12.5 Å². The average molecular weight is 294 g/mol. The molecule has 0 N–H and O–H groups in total. The van der Waals surface area contributed by atoms with Gasteiger partial charge in [-0.15, -0.1) is 0 Å². The molecule has 0 aromatic carbocycles. The maximum Gasteiger partial charge on any atom is 0.333 e. The molecule has 2 saturated carbocycles. The first-order valence-electron chi connectivity index (χ1n) is 7.99. The third kappa shape index (κ3) is 3.86. The molecule has 21 heavy (non-hydrogen) atoms. The topological polar surface area (TPSA) is 52.6 Å². The number of hydrogen-bond donors (Lipinski definition) is 0. The molecule has 4 nitrogen and oxygen atoms in total. The molecule has 2 fully saturated rings. The summed E-state index contributed by atoms with van der Waals surface area (Å²) in [6.45, 7) is 6.84. The highest BCUT2D eigenvalue weighted by molar-refractivity contribution is 5.87. The van der Waals surface area contributed by atoms with E-state index in [1.807, 2.05) is 0 Å². The molecule has 0 bridgehead atoms. The zero-order valence-corrected chi connectivity index (χ0v) is 13.2. The van der Waals surface area contributed by atoms with E-state index in [9.17, 15) is 9.59 Å². The standard InChI is InChI=1S/C17H26O4/c1-12(2)16(19)21-17(10-4-5-11-17)14-6-8-15(9-7-14)20-13(3)18/h14-15H,1,4-11H2,2-3H3. The number of carbonyl (C=O) groups is 2. The first-order chi connectivity index (χ1) is 9.93. The van der Waals surface area contributed by atoms with Gasteiger partial charge in [0.05, 0.1) is 0 Å². The van der Waals surface area contributed by atoms with Gasteiger partial charge in [-0.2, -0.15) is 0 Å². The summed E-state index contributed by atoms with van der Waals surface area (Å²) >= 11 is 0. The largest absolute Gasteiger partial charge is 0.463 e. The molecule has 0 spiro atoms. The number of rotatable bonds is 4. The first-order valence-corrected chi connectivity index (χ1v) is 7.99. The minimum absolute atomic E-state index is 0.0362. The summed E-state index contributed by atoms with van der Waals surface area (Å²) in [6, 6.07) is 0. The molecule has 2 rings (SSSR count). The Balaban J connectivity index is 1.98. The van der Waals surface area contributed by atoms with Gasteiger partial charge in [-0.1, -0.05) is 6.58 Å². The molecule has 4 heteroatoms. The Morgan fingerprint density at radius 1 is 1.05 bits per heavy atom. The van der Waals surface area contributed by atoms with Gasteiger partial charge in [0.25, 0.3) is 0 Å². The molecule has 0 atom stereocenters. The molecular formula is C17H26O4. The van der Waals surface area contributed by atoms with E-state index in [4.69, 9.17) is 9.47 Å². The molecule has 2 aliphatic carbocycles. The minimum Gasteiger partial charge on any atom is -0.463 e. The molecule has 0 aromatic rings. The molecule has 118 valence electrons. The van der Waals surface area contributed by atoms with Crippen LogP contribution in [0.4, 0.5) is 0 Å². The number of esters is 2. The van der Waals surface area contributed by atoms with Crippen LogP contribution >= 0.6 is 0 Å². The fraction of sp³-hybridized carbons (Fsp3) is 0.765. The van der Waals surface area contributed by atoms with Crippen molar-refractivity contribution in [3.05, 3.63) is 12.2 Å². The highest BCUT2D eigenvalue weighted by Crippen LogP contribution is 2.46. The van der Waals surface area contributed by atoms with Crippen LogP contribution in [0.25, 0.3) is 0 Å². The summed E-state index contributed by atoms with van der Waals surface area (Å²) in [5.41, 5.74) is 0.159. The van der Waals surface area contributed by atoms with Gasteiger partial charge >= 0.3 is 11.9 Å². The van der Waals surface area contributed by atoms with Crippen molar-refractivity contribution in [2.45, 2.75) is 76.9 Å². The van der Waals surface area contributed by atoms with Crippen LogP contribution in [0.15, 0.2) is 12.2 Å². The summed E-state index contributed by atoms with van der Waals surface area (Å²) in [4.78, 5) is 23.0. The van der Waals surface area contributed by atoms with E-state index >= 15 is 0 Å². The van der Waals surface area contributed by atoms with Crippen molar-refractivity contribution >= 4 is 11.9 Å². The molecule has 0 radical (unpaired) electrons. The van der Waals surface area contributed by atoms with E-state index in [1.54, 1.807) is 6.92 Å². The Kier molecular flexibility index (Phi) is 5.07. The van der Waals surface area contributed by atoms with E-state index in [-0.39, 0.29) is 23.6 Å². The maximum atomic E-state index is 12.0. The zero-order chi connectivity index (χ0) is 15.5.